The summed E-state index contributed by atoms with van der Waals surface area (Å²) in [5.41, 5.74) is 3.65. The maximum absolute atomic E-state index is 12.9. The SMILES string of the molecule is CC(C)(C)OC(=O)N1CCC(c2ccc(CCc3cccnc3C(=O)O)cc2)C(OCc2ccc3ccccc3c2)C1. The number of carbonyl (C=O) groups excluding carboxylic acids is 1. The number of hydrogen-bond donors (Lipinski definition) is 1. The second-order valence-corrected chi connectivity index (χ2v) is 11.9. The summed E-state index contributed by atoms with van der Waals surface area (Å²) in [6.07, 6.45) is 3.07. The first-order valence-corrected chi connectivity index (χ1v) is 14.5. The van der Waals surface area contributed by atoms with E-state index in [-0.39, 0.29) is 23.8 Å². The zero-order valence-corrected chi connectivity index (χ0v) is 24.5. The Hall–Kier alpha value is -4.23. The Kier molecular flexibility index (Phi) is 8.88. The summed E-state index contributed by atoms with van der Waals surface area (Å²) in [5.74, 6) is -0.886. The molecule has 2 heterocycles. The van der Waals surface area contributed by atoms with Crippen molar-refractivity contribution in [2.24, 2.45) is 0 Å². The molecule has 0 radical (unpaired) electrons. The quantitative estimate of drug-likeness (QED) is 0.246. The number of likely N-dealkylation sites (tertiary alicyclic amines) is 1. The van der Waals surface area contributed by atoms with E-state index in [0.717, 1.165) is 23.1 Å². The van der Waals surface area contributed by atoms with E-state index in [1.165, 1.54) is 22.5 Å². The first-order valence-electron chi connectivity index (χ1n) is 14.5. The molecular formula is C35H38N2O5. The van der Waals surface area contributed by atoms with Crippen molar-refractivity contribution in [3.63, 3.8) is 0 Å². The summed E-state index contributed by atoms with van der Waals surface area (Å²) in [7, 11) is 0. The molecule has 7 heteroatoms. The number of aryl methyl sites for hydroxylation is 2. The van der Waals surface area contributed by atoms with Gasteiger partial charge in [0, 0.05) is 18.7 Å². The molecule has 1 aliphatic heterocycles. The van der Waals surface area contributed by atoms with Gasteiger partial charge in [-0.05, 0) is 85.2 Å². The van der Waals surface area contributed by atoms with Crippen LogP contribution in [0.15, 0.2) is 85.1 Å². The van der Waals surface area contributed by atoms with Gasteiger partial charge in [-0.2, -0.15) is 0 Å². The molecule has 1 amide bonds. The number of aromatic carboxylic acids is 1. The third kappa shape index (κ3) is 7.34. The van der Waals surface area contributed by atoms with Crippen molar-refractivity contribution in [2.75, 3.05) is 13.1 Å². The van der Waals surface area contributed by atoms with Crippen LogP contribution in [0.3, 0.4) is 0 Å². The monoisotopic (exact) mass is 566 g/mol. The second-order valence-electron chi connectivity index (χ2n) is 11.9. The smallest absolute Gasteiger partial charge is 0.410 e. The second kappa shape index (κ2) is 12.7. The number of nitrogens with zero attached hydrogens (tertiary/aromatic N) is 2. The first-order chi connectivity index (χ1) is 20.2. The predicted octanol–water partition coefficient (Wildman–Crippen LogP) is 7.03. The van der Waals surface area contributed by atoms with Gasteiger partial charge in [0.15, 0.2) is 5.69 Å². The highest BCUT2D eigenvalue weighted by atomic mass is 16.6. The van der Waals surface area contributed by atoms with Crippen LogP contribution in [0.25, 0.3) is 10.8 Å². The predicted molar refractivity (Wildman–Crippen MR) is 163 cm³/mol. The normalized spacial score (nSPS) is 17.3. The summed E-state index contributed by atoms with van der Waals surface area (Å²) in [4.78, 5) is 30.2. The van der Waals surface area contributed by atoms with E-state index >= 15 is 0 Å². The molecule has 1 aromatic heterocycles. The average molecular weight is 567 g/mol. The Morgan fingerprint density at radius 2 is 1.67 bits per heavy atom. The van der Waals surface area contributed by atoms with E-state index < -0.39 is 11.6 Å². The number of ether oxygens (including phenoxy) is 2. The van der Waals surface area contributed by atoms with Gasteiger partial charge in [0.05, 0.1) is 19.3 Å². The van der Waals surface area contributed by atoms with Crippen LogP contribution in [0.4, 0.5) is 4.79 Å². The van der Waals surface area contributed by atoms with E-state index in [0.29, 0.717) is 32.5 Å². The number of amides is 1. The number of pyridine rings is 1. The van der Waals surface area contributed by atoms with E-state index in [1.807, 2.05) is 39.0 Å². The van der Waals surface area contributed by atoms with E-state index in [9.17, 15) is 14.7 Å². The van der Waals surface area contributed by atoms with Gasteiger partial charge in [-0.3, -0.25) is 0 Å². The molecule has 7 nitrogen and oxygen atoms in total. The minimum absolute atomic E-state index is 0.109. The zero-order chi connectivity index (χ0) is 29.7. The Labute approximate surface area is 247 Å². The number of piperidine rings is 1. The minimum Gasteiger partial charge on any atom is -0.477 e. The first kappa shape index (κ1) is 29.3. The van der Waals surface area contributed by atoms with Crippen molar-refractivity contribution in [3.8, 4) is 0 Å². The van der Waals surface area contributed by atoms with Crippen molar-refractivity contribution in [2.45, 2.75) is 64.3 Å². The molecule has 1 fully saturated rings. The van der Waals surface area contributed by atoms with Crippen molar-refractivity contribution in [3.05, 3.63) is 113 Å². The molecule has 1 saturated heterocycles. The highest BCUT2D eigenvalue weighted by Gasteiger charge is 2.35. The van der Waals surface area contributed by atoms with Crippen molar-refractivity contribution >= 4 is 22.8 Å². The zero-order valence-electron chi connectivity index (χ0n) is 24.5. The van der Waals surface area contributed by atoms with Crippen LogP contribution in [0.5, 0.6) is 0 Å². The van der Waals surface area contributed by atoms with Crippen molar-refractivity contribution in [1.82, 2.24) is 9.88 Å². The van der Waals surface area contributed by atoms with Crippen LogP contribution < -0.4 is 0 Å². The highest BCUT2D eigenvalue weighted by molar-refractivity contribution is 5.87. The van der Waals surface area contributed by atoms with Crippen molar-refractivity contribution in [1.29, 1.82) is 0 Å². The van der Waals surface area contributed by atoms with E-state index in [2.05, 4.69) is 59.6 Å². The third-order valence-electron chi connectivity index (χ3n) is 7.67. The fourth-order valence-electron chi connectivity index (χ4n) is 5.53. The van der Waals surface area contributed by atoms with Gasteiger partial charge in [0.1, 0.15) is 5.60 Å². The van der Waals surface area contributed by atoms with Crippen LogP contribution in [0.2, 0.25) is 0 Å². The number of hydrogen-bond acceptors (Lipinski definition) is 5. The molecule has 218 valence electrons. The fraction of sp³-hybridized carbons (Fsp3) is 0.343. The Bertz CT molecular complexity index is 1540. The third-order valence-corrected chi connectivity index (χ3v) is 7.67. The molecular weight excluding hydrogens is 528 g/mol. The van der Waals surface area contributed by atoms with Gasteiger partial charge in [0.2, 0.25) is 0 Å². The molecule has 4 aromatic rings. The highest BCUT2D eigenvalue weighted by Crippen LogP contribution is 2.32. The topological polar surface area (TPSA) is 89.0 Å². The van der Waals surface area contributed by atoms with Crippen LogP contribution >= 0.6 is 0 Å². The standard InChI is InChI=1S/C35H38N2O5/c1-35(2,3)42-34(40)37-20-18-30(31(22-37)41-23-25-13-14-26-7-4-5-8-29(26)21-25)27-15-10-24(11-16-27)12-17-28-9-6-19-36-32(28)33(38)39/h4-11,13-16,19,21,30-31H,12,17-18,20,22-23H2,1-3H3,(H,38,39). The van der Waals surface area contributed by atoms with Crippen LogP contribution in [-0.4, -0.2) is 51.8 Å². The summed E-state index contributed by atoms with van der Waals surface area (Å²) in [6.45, 7) is 7.13. The lowest BCUT2D eigenvalue weighted by Crippen LogP contribution is -2.48. The van der Waals surface area contributed by atoms with Crippen molar-refractivity contribution < 1.29 is 24.2 Å². The van der Waals surface area contributed by atoms with E-state index in [4.69, 9.17) is 9.47 Å². The molecule has 42 heavy (non-hydrogen) atoms. The fourth-order valence-corrected chi connectivity index (χ4v) is 5.53. The minimum atomic E-state index is -1.01. The number of rotatable bonds is 8. The summed E-state index contributed by atoms with van der Waals surface area (Å²) < 4.78 is 12.2. The molecule has 2 unspecified atom stereocenters. The Balaban J connectivity index is 1.30. The van der Waals surface area contributed by atoms with Crippen LogP contribution in [-0.2, 0) is 28.9 Å². The number of carboxylic acid groups (broad SMARTS) is 1. The molecule has 0 bridgehead atoms. The summed E-state index contributed by atoms with van der Waals surface area (Å²) in [5, 5.41) is 11.8. The number of aromatic nitrogens is 1. The van der Waals surface area contributed by atoms with Gasteiger partial charge >= 0.3 is 12.1 Å². The molecule has 0 aliphatic carbocycles. The summed E-state index contributed by atoms with van der Waals surface area (Å²) in [6, 6.07) is 26.7. The number of benzene rings is 3. The molecule has 3 aromatic carbocycles. The summed E-state index contributed by atoms with van der Waals surface area (Å²) >= 11 is 0. The van der Waals surface area contributed by atoms with Gasteiger partial charge in [0.25, 0.3) is 0 Å². The van der Waals surface area contributed by atoms with Gasteiger partial charge < -0.3 is 19.5 Å². The Morgan fingerprint density at radius 3 is 2.40 bits per heavy atom. The van der Waals surface area contributed by atoms with Crippen LogP contribution in [0, 0.1) is 0 Å². The molecule has 5 rings (SSSR count). The molecule has 0 spiro atoms. The lowest BCUT2D eigenvalue weighted by molar-refractivity contribution is -0.0359. The average Bonchev–Trinajstić information content (AvgIpc) is 2.98. The molecule has 1 aliphatic rings. The number of carboxylic acids is 1. The Morgan fingerprint density at radius 1 is 0.929 bits per heavy atom. The maximum atomic E-state index is 12.9. The molecule has 0 saturated carbocycles. The van der Waals surface area contributed by atoms with Gasteiger partial charge in [-0.25, -0.2) is 14.6 Å². The molecule has 2 atom stereocenters. The lowest BCUT2D eigenvalue weighted by atomic mass is 9.86. The van der Waals surface area contributed by atoms with Crippen LogP contribution in [0.1, 0.15) is 65.9 Å². The van der Waals surface area contributed by atoms with E-state index in [1.54, 1.807) is 11.0 Å². The number of fused-ring (bicyclic) bond motifs is 1. The van der Waals surface area contributed by atoms with Gasteiger partial charge in [-0.1, -0.05) is 66.7 Å². The maximum Gasteiger partial charge on any atom is 0.410 e. The van der Waals surface area contributed by atoms with Gasteiger partial charge in [-0.15, -0.1) is 0 Å². The largest absolute Gasteiger partial charge is 0.477 e. The lowest BCUT2D eigenvalue weighted by Gasteiger charge is -2.39. The number of carbonyl (C=O) groups is 2. The molecule has 1 N–H and O–H groups in total.